The van der Waals surface area contributed by atoms with Gasteiger partial charge >= 0.3 is 0 Å². The van der Waals surface area contributed by atoms with Crippen molar-refractivity contribution < 1.29 is 9.53 Å². The number of rotatable bonds is 1. The van der Waals surface area contributed by atoms with Crippen LogP contribution < -0.4 is 4.74 Å². The van der Waals surface area contributed by atoms with Gasteiger partial charge in [0.2, 0.25) is 0 Å². The van der Waals surface area contributed by atoms with E-state index in [9.17, 15) is 4.79 Å². The van der Waals surface area contributed by atoms with Crippen molar-refractivity contribution in [3.8, 4) is 16.9 Å². The van der Waals surface area contributed by atoms with Crippen LogP contribution in [-0.2, 0) is 0 Å². The van der Waals surface area contributed by atoms with Crippen LogP contribution in [-0.4, -0.2) is 12.9 Å². The second-order valence-corrected chi connectivity index (χ2v) is 4.85. The minimum Gasteiger partial charge on any atom is -0.497 e. The highest BCUT2D eigenvalue weighted by Gasteiger charge is 2.26. The molecule has 3 heteroatoms. The van der Waals surface area contributed by atoms with E-state index in [1.54, 1.807) is 13.2 Å². The minimum atomic E-state index is 0.0650. The Bertz CT molecular complexity index is 632. The molecule has 0 saturated heterocycles. The van der Waals surface area contributed by atoms with Gasteiger partial charge in [0, 0.05) is 15.6 Å². The van der Waals surface area contributed by atoms with Crippen molar-refractivity contribution >= 4 is 21.7 Å². The normalized spacial score (nSPS) is 12.2. The summed E-state index contributed by atoms with van der Waals surface area (Å²) in [6.07, 6.45) is 0. The first-order valence-electron chi connectivity index (χ1n) is 5.23. The molecule has 84 valence electrons. The monoisotopic (exact) mass is 288 g/mol. The SMILES string of the molecule is COc1ccc2c(c1)C(=O)c1cc(Br)ccc1-2. The van der Waals surface area contributed by atoms with Gasteiger partial charge in [-0.25, -0.2) is 0 Å². The Kier molecular flexibility index (Phi) is 2.30. The average molecular weight is 289 g/mol. The Hall–Kier alpha value is -1.61. The van der Waals surface area contributed by atoms with Gasteiger partial charge in [0.1, 0.15) is 5.75 Å². The van der Waals surface area contributed by atoms with E-state index in [-0.39, 0.29) is 5.78 Å². The van der Waals surface area contributed by atoms with Crippen LogP contribution >= 0.6 is 15.9 Å². The first-order valence-corrected chi connectivity index (χ1v) is 6.02. The molecule has 0 atom stereocenters. The zero-order valence-corrected chi connectivity index (χ0v) is 10.7. The van der Waals surface area contributed by atoms with Crippen LogP contribution in [0.15, 0.2) is 40.9 Å². The molecule has 2 nitrogen and oxygen atoms in total. The van der Waals surface area contributed by atoms with E-state index in [0.717, 1.165) is 26.7 Å². The van der Waals surface area contributed by atoms with Crippen molar-refractivity contribution in [2.24, 2.45) is 0 Å². The maximum atomic E-state index is 12.2. The van der Waals surface area contributed by atoms with Crippen LogP contribution in [0.4, 0.5) is 0 Å². The molecule has 2 aromatic rings. The molecule has 0 aromatic heterocycles. The molecule has 0 radical (unpaired) electrons. The second kappa shape index (κ2) is 3.70. The molecular weight excluding hydrogens is 280 g/mol. The number of carbonyl (C=O) groups excluding carboxylic acids is 1. The third-order valence-corrected chi connectivity index (χ3v) is 3.48. The maximum absolute atomic E-state index is 12.2. The maximum Gasteiger partial charge on any atom is 0.194 e. The van der Waals surface area contributed by atoms with Gasteiger partial charge < -0.3 is 4.74 Å². The molecular formula is C14H9BrO2. The van der Waals surface area contributed by atoms with Crippen molar-refractivity contribution in [1.29, 1.82) is 0 Å². The van der Waals surface area contributed by atoms with E-state index in [1.807, 2.05) is 30.3 Å². The van der Waals surface area contributed by atoms with Crippen molar-refractivity contribution in [2.45, 2.75) is 0 Å². The van der Waals surface area contributed by atoms with E-state index in [0.29, 0.717) is 5.75 Å². The van der Waals surface area contributed by atoms with Crippen LogP contribution in [0, 0.1) is 0 Å². The molecule has 17 heavy (non-hydrogen) atoms. The zero-order chi connectivity index (χ0) is 12.0. The van der Waals surface area contributed by atoms with Crippen LogP contribution in [0.5, 0.6) is 5.75 Å². The highest BCUT2D eigenvalue weighted by molar-refractivity contribution is 9.10. The van der Waals surface area contributed by atoms with Crippen LogP contribution in [0.3, 0.4) is 0 Å². The van der Waals surface area contributed by atoms with Gasteiger partial charge in [0.25, 0.3) is 0 Å². The highest BCUT2D eigenvalue weighted by Crippen LogP contribution is 2.39. The summed E-state index contributed by atoms with van der Waals surface area (Å²) in [5.74, 6) is 0.777. The summed E-state index contributed by atoms with van der Waals surface area (Å²) in [5.41, 5.74) is 3.45. The first-order chi connectivity index (χ1) is 8.20. The Morgan fingerprint density at radius 1 is 0.941 bits per heavy atom. The zero-order valence-electron chi connectivity index (χ0n) is 9.16. The molecule has 0 bridgehead atoms. The fraction of sp³-hybridized carbons (Fsp3) is 0.0714. The molecule has 1 aliphatic carbocycles. The number of carbonyl (C=O) groups is 1. The minimum absolute atomic E-state index is 0.0650. The number of halogens is 1. The van der Waals surface area contributed by atoms with E-state index in [4.69, 9.17) is 4.74 Å². The quantitative estimate of drug-likeness (QED) is 0.683. The largest absolute Gasteiger partial charge is 0.497 e. The Balaban J connectivity index is 2.27. The molecule has 0 fully saturated rings. The summed E-state index contributed by atoms with van der Waals surface area (Å²) >= 11 is 3.39. The number of hydrogen-bond acceptors (Lipinski definition) is 2. The Labute approximate surface area is 107 Å². The van der Waals surface area contributed by atoms with E-state index in [2.05, 4.69) is 15.9 Å². The topological polar surface area (TPSA) is 26.3 Å². The van der Waals surface area contributed by atoms with E-state index in [1.165, 1.54) is 0 Å². The third kappa shape index (κ3) is 1.50. The Morgan fingerprint density at radius 3 is 2.29 bits per heavy atom. The number of fused-ring (bicyclic) bond motifs is 3. The predicted molar refractivity (Wildman–Crippen MR) is 69.6 cm³/mol. The fourth-order valence-corrected chi connectivity index (χ4v) is 2.52. The number of ether oxygens (including phenoxy) is 1. The van der Waals surface area contributed by atoms with Gasteiger partial charge in [-0.2, -0.15) is 0 Å². The van der Waals surface area contributed by atoms with Crippen LogP contribution in [0.1, 0.15) is 15.9 Å². The van der Waals surface area contributed by atoms with Crippen LogP contribution in [0.2, 0.25) is 0 Å². The summed E-state index contributed by atoms with van der Waals surface area (Å²) in [6.45, 7) is 0. The van der Waals surface area contributed by atoms with Gasteiger partial charge in [-0.05, 0) is 41.5 Å². The van der Waals surface area contributed by atoms with Gasteiger partial charge in [-0.15, -0.1) is 0 Å². The molecule has 0 spiro atoms. The lowest BCUT2D eigenvalue weighted by Crippen LogP contribution is -1.95. The van der Waals surface area contributed by atoms with Gasteiger partial charge in [-0.1, -0.05) is 22.0 Å². The lowest BCUT2D eigenvalue weighted by molar-refractivity contribution is 0.104. The number of methoxy groups -OCH3 is 1. The van der Waals surface area contributed by atoms with Crippen molar-refractivity contribution in [2.75, 3.05) is 7.11 Å². The van der Waals surface area contributed by atoms with Gasteiger partial charge in [0.15, 0.2) is 5.78 Å². The third-order valence-electron chi connectivity index (χ3n) is 2.99. The molecule has 3 rings (SSSR count). The molecule has 1 aliphatic rings. The highest BCUT2D eigenvalue weighted by atomic mass is 79.9. The summed E-state index contributed by atoms with van der Waals surface area (Å²) in [6, 6.07) is 11.4. The summed E-state index contributed by atoms with van der Waals surface area (Å²) in [7, 11) is 1.60. The molecule has 0 unspecified atom stereocenters. The number of hydrogen-bond donors (Lipinski definition) is 0. The van der Waals surface area contributed by atoms with E-state index >= 15 is 0 Å². The fourth-order valence-electron chi connectivity index (χ4n) is 2.16. The second-order valence-electron chi connectivity index (χ2n) is 3.93. The standard InChI is InChI=1S/C14H9BrO2/c1-17-9-3-5-11-10-4-2-8(15)6-12(10)14(16)13(11)7-9/h2-7H,1H3. The summed E-state index contributed by atoms with van der Waals surface area (Å²) in [4.78, 5) is 12.2. The van der Waals surface area contributed by atoms with E-state index < -0.39 is 0 Å². The van der Waals surface area contributed by atoms with Crippen LogP contribution in [0.25, 0.3) is 11.1 Å². The molecule has 0 N–H and O–H groups in total. The molecule has 0 saturated carbocycles. The van der Waals surface area contributed by atoms with Crippen molar-refractivity contribution in [3.05, 3.63) is 52.0 Å². The molecule has 0 heterocycles. The predicted octanol–water partition coefficient (Wildman–Crippen LogP) is 3.67. The van der Waals surface area contributed by atoms with Gasteiger partial charge in [0.05, 0.1) is 7.11 Å². The summed E-state index contributed by atoms with van der Waals surface area (Å²) in [5, 5.41) is 0. The lowest BCUT2D eigenvalue weighted by Gasteiger charge is -2.02. The van der Waals surface area contributed by atoms with Crippen molar-refractivity contribution in [1.82, 2.24) is 0 Å². The molecule has 2 aromatic carbocycles. The number of ketones is 1. The smallest absolute Gasteiger partial charge is 0.194 e. The lowest BCUT2D eigenvalue weighted by atomic mass is 10.1. The summed E-state index contributed by atoms with van der Waals surface area (Å²) < 4.78 is 6.07. The average Bonchev–Trinajstić information content (AvgIpc) is 2.62. The molecule has 0 aliphatic heterocycles. The Morgan fingerprint density at radius 2 is 1.59 bits per heavy atom. The van der Waals surface area contributed by atoms with Gasteiger partial charge in [-0.3, -0.25) is 4.79 Å². The van der Waals surface area contributed by atoms with Crippen molar-refractivity contribution in [3.63, 3.8) is 0 Å². The molecule has 0 amide bonds. The number of benzene rings is 2. The first kappa shape index (κ1) is 10.5.